The fraction of sp³-hybridized carbons (Fsp3) is 0. The van der Waals surface area contributed by atoms with Crippen molar-refractivity contribution in [2.45, 2.75) is 0 Å². The van der Waals surface area contributed by atoms with Crippen LogP contribution in [0.25, 0.3) is 37.6 Å². The van der Waals surface area contributed by atoms with E-state index in [-0.39, 0.29) is 0 Å². The van der Waals surface area contributed by atoms with E-state index in [2.05, 4.69) is 30.3 Å². The number of hydrogen-bond donors (Lipinski definition) is 0. The molecule has 0 aliphatic carbocycles. The van der Waals surface area contributed by atoms with Crippen LogP contribution in [0.1, 0.15) is 10.5 Å². The predicted molar refractivity (Wildman–Crippen MR) is 107 cm³/mol. The van der Waals surface area contributed by atoms with Gasteiger partial charge in [-0.15, -0.1) is 0 Å². The van der Waals surface area contributed by atoms with E-state index in [0.717, 1.165) is 38.3 Å². The summed E-state index contributed by atoms with van der Waals surface area (Å²) in [6.07, 6.45) is 0.902. The van der Waals surface area contributed by atoms with Gasteiger partial charge in [0.1, 0.15) is 11.4 Å². The largest absolute Gasteiger partial charge is 0.296 e. The molecule has 0 spiro atoms. The standard InChI is InChI=1S/C22H14N2OS/c25-14-19-21(23-22-24(19)18-8-4-5-9-20(18)26-22)17-12-10-16(11-13-17)15-6-2-1-3-7-15/h1-14H. The summed E-state index contributed by atoms with van der Waals surface area (Å²) < 4.78 is 3.08. The van der Waals surface area contributed by atoms with E-state index >= 15 is 0 Å². The summed E-state index contributed by atoms with van der Waals surface area (Å²) in [5.41, 5.74) is 5.63. The molecule has 0 radical (unpaired) electrons. The smallest absolute Gasteiger partial charge is 0.195 e. The molecule has 0 aliphatic heterocycles. The number of imidazole rings is 1. The second-order valence-electron chi connectivity index (χ2n) is 6.09. The molecule has 0 unspecified atom stereocenters. The first kappa shape index (κ1) is 15.0. The quantitative estimate of drug-likeness (QED) is 0.390. The number of fused-ring (bicyclic) bond motifs is 3. The molecule has 3 aromatic carbocycles. The predicted octanol–water partition coefficient (Wildman–Crippen LogP) is 5.70. The van der Waals surface area contributed by atoms with E-state index in [1.807, 2.05) is 52.9 Å². The van der Waals surface area contributed by atoms with E-state index in [1.165, 1.54) is 5.56 Å². The lowest BCUT2D eigenvalue weighted by Gasteiger charge is -2.04. The van der Waals surface area contributed by atoms with E-state index in [0.29, 0.717) is 5.69 Å². The van der Waals surface area contributed by atoms with Crippen molar-refractivity contribution in [1.82, 2.24) is 9.38 Å². The van der Waals surface area contributed by atoms with Crippen LogP contribution in [0.15, 0.2) is 78.9 Å². The van der Waals surface area contributed by atoms with Crippen LogP contribution in [0.5, 0.6) is 0 Å². The van der Waals surface area contributed by atoms with Crippen molar-refractivity contribution >= 4 is 32.8 Å². The van der Waals surface area contributed by atoms with Gasteiger partial charge in [0.15, 0.2) is 11.2 Å². The van der Waals surface area contributed by atoms with Crippen LogP contribution in [-0.4, -0.2) is 15.7 Å². The number of para-hydroxylation sites is 1. The SMILES string of the molecule is O=Cc1c(-c2ccc(-c3ccccc3)cc2)nc2sc3ccccc3n12. The average molecular weight is 354 g/mol. The molecule has 0 atom stereocenters. The summed E-state index contributed by atoms with van der Waals surface area (Å²) >= 11 is 1.60. The second kappa shape index (κ2) is 5.93. The van der Waals surface area contributed by atoms with Crippen LogP contribution in [0, 0.1) is 0 Å². The van der Waals surface area contributed by atoms with Crippen LogP contribution in [0.2, 0.25) is 0 Å². The van der Waals surface area contributed by atoms with Gasteiger partial charge in [0.05, 0.1) is 10.2 Å². The van der Waals surface area contributed by atoms with Crippen molar-refractivity contribution in [1.29, 1.82) is 0 Å². The highest BCUT2D eigenvalue weighted by Gasteiger charge is 2.17. The molecule has 0 saturated carbocycles. The van der Waals surface area contributed by atoms with Gasteiger partial charge in [0.25, 0.3) is 0 Å². The molecule has 0 amide bonds. The third kappa shape index (κ3) is 2.27. The van der Waals surface area contributed by atoms with Crippen LogP contribution in [0.3, 0.4) is 0 Å². The maximum Gasteiger partial charge on any atom is 0.195 e. The maximum atomic E-state index is 11.8. The van der Waals surface area contributed by atoms with E-state index < -0.39 is 0 Å². The molecule has 5 aromatic rings. The van der Waals surface area contributed by atoms with Gasteiger partial charge >= 0.3 is 0 Å². The first-order chi connectivity index (χ1) is 12.8. The maximum absolute atomic E-state index is 11.8. The molecule has 4 heteroatoms. The molecule has 5 rings (SSSR count). The summed E-state index contributed by atoms with van der Waals surface area (Å²) in [4.78, 5) is 17.4. The third-order valence-corrected chi connectivity index (χ3v) is 5.59. The zero-order chi connectivity index (χ0) is 17.5. The Morgan fingerprint density at radius 1 is 0.769 bits per heavy atom. The molecular formula is C22H14N2OS. The Bertz CT molecular complexity index is 1230. The summed E-state index contributed by atoms with van der Waals surface area (Å²) in [7, 11) is 0. The first-order valence-corrected chi connectivity index (χ1v) is 9.18. The monoisotopic (exact) mass is 354 g/mol. The van der Waals surface area contributed by atoms with E-state index in [1.54, 1.807) is 11.3 Å². The van der Waals surface area contributed by atoms with Gasteiger partial charge in [-0.2, -0.15) is 0 Å². The molecular weight excluding hydrogens is 340 g/mol. The highest BCUT2D eigenvalue weighted by Crippen LogP contribution is 2.33. The van der Waals surface area contributed by atoms with Gasteiger partial charge in [-0.05, 0) is 23.3 Å². The number of nitrogens with zero attached hydrogens (tertiary/aromatic N) is 2. The Morgan fingerprint density at radius 3 is 2.19 bits per heavy atom. The van der Waals surface area contributed by atoms with Gasteiger partial charge in [-0.3, -0.25) is 9.20 Å². The fourth-order valence-corrected chi connectivity index (χ4v) is 4.34. The molecule has 2 heterocycles. The van der Waals surface area contributed by atoms with Gasteiger partial charge < -0.3 is 0 Å². The lowest BCUT2D eigenvalue weighted by Crippen LogP contribution is -1.91. The Hall–Kier alpha value is -3.24. The number of thiazole rings is 1. The van der Waals surface area contributed by atoms with Gasteiger partial charge in [0, 0.05) is 5.56 Å². The molecule has 0 saturated heterocycles. The zero-order valence-corrected chi connectivity index (χ0v) is 14.6. The molecule has 0 fully saturated rings. The van der Waals surface area contributed by atoms with Gasteiger partial charge in [-0.1, -0.05) is 78.1 Å². The molecule has 0 bridgehead atoms. The number of carbonyl (C=O) groups excluding carboxylic acids is 1. The number of aldehydes is 1. The Kier molecular flexibility index (Phi) is 3.43. The summed E-state index contributed by atoms with van der Waals surface area (Å²) in [6.45, 7) is 0. The van der Waals surface area contributed by atoms with Gasteiger partial charge in [0.2, 0.25) is 0 Å². The Labute approximate surface area is 154 Å². The number of hydrogen-bond acceptors (Lipinski definition) is 3. The molecule has 0 N–H and O–H groups in total. The third-order valence-electron chi connectivity index (χ3n) is 4.57. The average Bonchev–Trinajstić information content (AvgIpc) is 3.24. The van der Waals surface area contributed by atoms with Crippen LogP contribution >= 0.6 is 11.3 Å². The van der Waals surface area contributed by atoms with Crippen LogP contribution in [-0.2, 0) is 0 Å². The van der Waals surface area contributed by atoms with Crippen LogP contribution < -0.4 is 0 Å². The van der Waals surface area contributed by atoms with Crippen molar-refractivity contribution in [2.24, 2.45) is 0 Å². The summed E-state index contributed by atoms with van der Waals surface area (Å²) in [6, 6.07) is 26.5. The first-order valence-electron chi connectivity index (χ1n) is 8.36. The zero-order valence-electron chi connectivity index (χ0n) is 13.8. The lowest BCUT2D eigenvalue weighted by molar-refractivity contribution is 0.111. The molecule has 124 valence electrons. The molecule has 26 heavy (non-hydrogen) atoms. The summed E-state index contributed by atoms with van der Waals surface area (Å²) in [5, 5.41) is 0. The van der Waals surface area contributed by atoms with Crippen molar-refractivity contribution in [3.63, 3.8) is 0 Å². The van der Waals surface area contributed by atoms with Crippen LogP contribution in [0.4, 0.5) is 0 Å². The lowest BCUT2D eigenvalue weighted by atomic mass is 10.0. The number of aromatic nitrogens is 2. The number of carbonyl (C=O) groups is 1. The van der Waals surface area contributed by atoms with Crippen molar-refractivity contribution in [3.8, 4) is 22.4 Å². The van der Waals surface area contributed by atoms with Crippen molar-refractivity contribution in [3.05, 3.63) is 84.6 Å². The molecule has 3 nitrogen and oxygen atoms in total. The van der Waals surface area contributed by atoms with Crippen molar-refractivity contribution < 1.29 is 4.79 Å². The minimum absolute atomic E-state index is 0.602. The Balaban J connectivity index is 1.66. The minimum atomic E-state index is 0.602. The van der Waals surface area contributed by atoms with E-state index in [4.69, 9.17) is 4.98 Å². The number of rotatable bonds is 3. The van der Waals surface area contributed by atoms with E-state index in [9.17, 15) is 4.79 Å². The second-order valence-corrected chi connectivity index (χ2v) is 7.10. The minimum Gasteiger partial charge on any atom is -0.296 e. The topological polar surface area (TPSA) is 34.4 Å². The highest BCUT2D eigenvalue weighted by molar-refractivity contribution is 7.23. The van der Waals surface area contributed by atoms with Gasteiger partial charge in [-0.25, -0.2) is 4.98 Å². The normalized spacial score (nSPS) is 11.2. The number of benzene rings is 3. The highest BCUT2D eigenvalue weighted by atomic mass is 32.1. The summed E-state index contributed by atoms with van der Waals surface area (Å²) in [5.74, 6) is 0. The molecule has 0 aliphatic rings. The fourth-order valence-electron chi connectivity index (χ4n) is 3.31. The van der Waals surface area contributed by atoms with Crippen molar-refractivity contribution in [2.75, 3.05) is 0 Å². The molecule has 2 aromatic heterocycles. The Morgan fingerprint density at radius 2 is 1.42 bits per heavy atom.